The highest BCUT2D eigenvalue weighted by molar-refractivity contribution is 6.02. The second kappa shape index (κ2) is 8.14. The number of carbonyl (C=O) groups is 2. The number of amides is 2. The number of nitrogens with two attached hydrogens (primary N) is 1. The first kappa shape index (κ1) is 16.8. The average Bonchev–Trinajstić information content (AvgIpc) is 2.58. The molecule has 1 aromatic carbocycles. The zero-order valence-electron chi connectivity index (χ0n) is 13.0. The standard InChI is InChI=1S/C15H21N5O3/c1-20(15(22)23-10-11-5-3-2-4-6-11)12-9-18-14(17-8-7-16)19-13(12)21/h2-6,12H,7-10,16H2,1H3,(H2,17,18,19,21). The molecule has 8 heteroatoms. The van der Waals surface area contributed by atoms with Crippen molar-refractivity contribution in [2.24, 2.45) is 10.7 Å². The molecule has 0 saturated carbocycles. The summed E-state index contributed by atoms with van der Waals surface area (Å²) in [6.07, 6.45) is -0.567. The monoisotopic (exact) mass is 319 g/mol. The normalized spacial score (nSPS) is 17.0. The molecule has 4 N–H and O–H groups in total. The van der Waals surface area contributed by atoms with E-state index in [1.54, 1.807) is 0 Å². The summed E-state index contributed by atoms with van der Waals surface area (Å²) in [5.41, 5.74) is 6.26. The predicted molar refractivity (Wildman–Crippen MR) is 85.7 cm³/mol. The van der Waals surface area contributed by atoms with Crippen LogP contribution < -0.4 is 16.4 Å². The Kier molecular flexibility index (Phi) is 5.93. The van der Waals surface area contributed by atoms with Crippen molar-refractivity contribution in [2.45, 2.75) is 12.6 Å². The SMILES string of the molecule is CN(C(=O)OCc1ccccc1)C1CN=C(NCCN)NC1=O. The molecule has 1 aliphatic rings. The second-order valence-corrected chi connectivity index (χ2v) is 5.06. The van der Waals surface area contributed by atoms with Gasteiger partial charge in [0.25, 0.3) is 5.91 Å². The molecule has 0 aromatic heterocycles. The maximum atomic E-state index is 12.1. The molecular weight excluding hydrogens is 298 g/mol. The van der Waals surface area contributed by atoms with E-state index >= 15 is 0 Å². The summed E-state index contributed by atoms with van der Waals surface area (Å²) in [5, 5.41) is 5.50. The van der Waals surface area contributed by atoms with E-state index in [2.05, 4.69) is 15.6 Å². The Morgan fingerprint density at radius 3 is 2.87 bits per heavy atom. The second-order valence-electron chi connectivity index (χ2n) is 5.06. The maximum Gasteiger partial charge on any atom is 0.410 e. The highest BCUT2D eigenvalue weighted by Gasteiger charge is 2.31. The minimum absolute atomic E-state index is 0.158. The number of rotatable bonds is 5. The topological polar surface area (TPSA) is 109 Å². The third-order valence-electron chi connectivity index (χ3n) is 3.36. The van der Waals surface area contributed by atoms with E-state index < -0.39 is 12.1 Å². The minimum atomic E-state index is -0.693. The van der Waals surface area contributed by atoms with Crippen LogP contribution in [0.2, 0.25) is 0 Å². The number of carbonyl (C=O) groups excluding carboxylic acids is 2. The smallest absolute Gasteiger partial charge is 0.410 e. The van der Waals surface area contributed by atoms with Gasteiger partial charge in [-0.1, -0.05) is 30.3 Å². The Balaban J connectivity index is 1.87. The fraction of sp³-hybridized carbons (Fsp3) is 0.400. The molecule has 1 heterocycles. The number of nitrogens with one attached hydrogen (secondary N) is 2. The first-order valence-electron chi connectivity index (χ1n) is 7.34. The lowest BCUT2D eigenvalue weighted by molar-refractivity contribution is -0.124. The molecule has 8 nitrogen and oxygen atoms in total. The Bertz CT molecular complexity index is 576. The van der Waals surface area contributed by atoms with Crippen LogP contribution in [-0.2, 0) is 16.1 Å². The van der Waals surface area contributed by atoms with Crippen LogP contribution in [0.5, 0.6) is 0 Å². The largest absolute Gasteiger partial charge is 0.445 e. The lowest BCUT2D eigenvalue weighted by Crippen LogP contribution is -2.57. The van der Waals surface area contributed by atoms with Crippen LogP contribution in [0.25, 0.3) is 0 Å². The molecule has 23 heavy (non-hydrogen) atoms. The summed E-state index contributed by atoms with van der Waals surface area (Å²) in [6, 6.07) is 8.65. The van der Waals surface area contributed by atoms with Crippen molar-refractivity contribution in [1.82, 2.24) is 15.5 Å². The molecule has 124 valence electrons. The van der Waals surface area contributed by atoms with Crippen molar-refractivity contribution in [2.75, 3.05) is 26.7 Å². The number of nitrogens with zero attached hydrogens (tertiary/aromatic N) is 2. The van der Waals surface area contributed by atoms with Gasteiger partial charge in [-0.25, -0.2) is 4.79 Å². The van der Waals surface area contributed by atoms with Gasteiger partial charge < -0.3 is 15.8 Å². The Hall–Kier alpha value is -2.61. The van der Waals surface area contributed by atoms with E-state index in [4.69, 9.17) is 10.5 Å². The highest BCUT2D eigenvalue weighted by atomic mass is 16.6. The van der Waals surface area contributed by atoms with Gasteiger partial charge in [-0.3, -0.25) is 20.0 Å². The molecular formula is C15H21N5O3. The molecule has 0 bridgehead atoms. The van der Waals surface area contributed by atoms with Crippen LogP contribution in [0.1, 0.15) is 5.56 Å². The number of benzene rings is 1. The zero-order chi connectivity index (χ0) is 16.7. The Morgan fingerprint density at radius 2 is 2.22 bits per heavy atom. The van der Waals surface area contributed by atoms with Crippen LogP contribution in [0.4, 0.5) is 4.79 Å². The fourth-order valence-electron chi connectivity index (χ4n) is 2.04. The lowest BCUT2D eigenvalue weighted by atomic mass is 10.2. The van der Waals surface area contributed by atoms with Gasteiger partial charge in [-0.05, 0) is 5.56 Å². The van der Waals surface area contributed by atoms with Gasteiger partial charge in [0.05, 0.1) is 6.54 Å². The van der Waals surface area contributed by atoms with Crippen molar-refractivity contribution >= 4 is 18.0 Å². The summed E-state index contributed by atoms with van der Waals surface area (Å²) in [7, 11) is 1.52. The van der Waals surface area contributed by atoms with Gasteiger partial charge in [-0.2, -0.15) is 0 Å². The van der Waals surface area contributed by atoms with Crippen LogP contribution in [0, 0.1) is 0 Å². The third kappa shape index (κ3) is 4.68. The number of hydrogen-bond acceptors (Lipinski definition) is 6. The van der Waals surface area contributed by atoms with Crippen molar-refractivity contribution in [3.8, 4) is 0 Å². The maximum absolute atomic E-state index is 12.1. The van der Waals surface area contributed by atoms with Crippen LogP contribution in [-0.4, -0.2) is 55.6 Å². The molecule has 2 rings (SSSR count). The van der Waals surface area contributed by atoms with Gasteiger partial charge in [0, 0.05) is 20.1 Å². The van der Waals surface area contributed by atoms with E-state index in [1.807, 2.05) is 30.3 Å². The van der Waals surface area contributed by atoms with E-state index in [1.165, 1.54) is 11.9 Å². The van der Waals surface area contributed by atoms with Crippen molar-refractivity contribution in [3.63, 3.8) is 0 Å². The molecule has 0 fully saturated rings. The molecule has 1 aromatic rings. The number of hydrogen-bond donors (Lipinski definition) is 3. The highest BCUT2D eigenvalue weighted by Crippen LogP contribution is 2.07. The van der Waals surface area contributed by atoms with Gasteiger partial charge in [-0.15, -0.1) is 0 Å². The van der Waals surface area contributed by atoms with E-state index in [9.17, 15) is 9.59 Å². The number of ether oxygens (including phenoxy) is 1. The molecule has 0 aliphatic carbocycles. The summed E-state index contributed by atoms with van der Waals surface area (Å²) < 4.78 is 5.21. The quantitative estimate of drug-likeness (QED) is 0.688. The lowest BCUT2D eigenvalue weighted by Gasteiger charge is -2.28. The minimum Gasteiger partial charge on any atom is -0.445 e. The van der Waals surface area contributed by atoms with Gasteiger partial charge in [0.15, 0.2) is 5.96 Å². The van der Waals surface area contributed by atoms with Crippen molar-refractivity contribution < 1.29 is 14.3 Å². The number of guanidine groups is 1. The van der Waals surface area contributed by atoms with Gasteiger partial charge in [0.2, 0.25) is 0 Å². The molecule has 0 saturated heterocycles. The predicted octanol–water partition coefficient (Wildman–Crippen LogP) is -0.342. The third-order valence-corrected chi connectivity index (χ3v) is 3.36. The first-order chi connectivity index (χ1) is 11.1. The van der Waals surface area contributed by atoms with E-state index in [-0.39, 0.29) is 19.1 Å². The van der Waals surface area contributed by atoms with Gasteiger partial charge in [0.1, 0.15) is 12.6 Å². The van der Waals surface area contributed by atoms with Gasteiger partial charge >= 0.3 is 6.09 Å². The van der Waals surface area contributed by atoms with Crippen molar-refractivity contribution in [3.05, 3.63) is 35.9 Å². The first-order valence-corrected chi connectivity index (χ1v) is 7.34. The van der Waals surface area contributed by atoms with Crippen LogP contribution in [0.15, 0.2) is 35.3 Å². The molecule has 2 amide bonds. The summed E-state index contributed by atoms with van der Waals surface area (Å²) in [5.74, 6) is 0.0708. The molecule has 0 spiro atoms. The molecule has 1 unspecified atom stereocenters. The summed E-state index contributed by atoms with van der Waals surface area (Å²) in [4.78, 5) is 29.6. The van der Waals surface area contributed by atoms with Crippen LogP contribution in [0.3, 0.4) is 0 Å². The van der Waals surface area contributed by atoms with E-state index in [0.717, 1.165) is 5.56 Å². The Labute approximate surface area is 134 Å². The number of aliphatic imine (C=N–C) groups is 1. The molecule has 1 atom stereocenters. The number of likely N-dealkylation sites (N-methyl/N-ethyl adjacent to an activating group) is 1. The summed E-state index contributed by atoms with van der Waals surface area (Å²) in [6.45, 7) is 1.28. The van der Waals surface area contributed by atoms with E-state index in [0.29, 0.717) is 19.0 Å². The molecule has 1 aliphatic heterocycles. The van der Waals surface area contributed by atoms with Crippen molar-refractivity contribution in [1.29, 1.82) is 0 Å². The zero-order valence-corrected chi connectivity index (χ0v) is 13.0. The molecule has 0 radical (unpaired) electrons. The fourth-order valence-corrected chi connectivity index (χ4v) is 2.04. The van der Waals surface area contributed by atoms with Crippen LogP contribution >= 0.6 is 0 Å². The average molecular weight is 319 g/mol. The summed E-state index contributed by atoms with van der Waals surface area (Å²) >= 11 is 0. The Morgan fingerprint density at radius 1 is 1.48 bits per heavy atom.